The monoisotopic (exact) mass is 401 g/mol. The van der Waals surface area contributed by atoms with Gasteiger partial charge in [-0.3, -0.25) is 4.79 Å². The third kappa shape index (κ3) is 3.19. The van der Waals surface area contributed by atoms with Crippen molar-refractivity contribution >= 4 is 11.6 Å². The summed E-state index contributed by atoms with van der Waals surface area (Å²) in [5, 5.41) is 9.11. The van der Waals surface area contributed by atoms with Crippen LogP contribution in [0.25, 0.3) is 0 Å². The predicted octanol–water partition coefficient (Wildman–Crippen LogP) is 2.91. The van der Waals surface area contributed by atoms with E-state index >= 15 is 0 Å². The van der Waals surface area contributed by atoms with E-state index in [1.165, 1.54) is 12.8 Å². The predicted molar refractivity (Wildman–Crippen MR) is 91.2 cm³/mol. The Kier molecular flexibility index (Phi) is 6.23. The number of quaternary nitrogens is 1. The largest absolute Gasteiger partial charge is 0.314 e. The zero-order chi connectivity index (χ0) is 16.6. The van der Waals surface area contributed by atoms with Gasteiger partial charge in [-0.2, -0.15) is 5.26 Å². The zero-order valence-electron chi connectivity index (χ0n) is 15.0. The second kappa shape index (κ2) is 7.64. The van der Waals surface area contributed by atoms with Gasteiger partial charge in [0.2, 0.25) is 0 Å². The van der Waals surface area contributed by atoms with Crippen LogP contribution in [0.5, 0.6) is 0 Å². The number of likely N-dealkylation sites (N-methyl/N-ethyl adjacent to an activating group) is 1. The second-order valence-electron chi connectivity index (χ2n) is 7.05. The molecule has 125 valence electrons. The maximum absolute atomic E-state index is 13.2. The number of hydrogen-bond acceptors (Lipinski definition) is 2. The van der Waals surface area contributed by atoms with Crippen molar-refractivity contribution in [1.82, 2.24) is 0 Å². The fourth-order valence-corrected chi connectivity index (χ4v) is 4.65. The van der Waals surface area contributed by atoms with Gasteiger partial charge in [-0.25, -0.2) is 0 Å². The molecule has 24 heavy (non-hydrogen) atoms. The fourth-order valence-electron chi connectivity index (χ4n) is 4.65. The summed E-state index contributed by atoms with van der Waals surface area (Å²) in [6.45, 7) is 10.4. The van der Waals surface area contributed by atoms with Crippen LogP contribution in [0.3, 0.4) is 0 Å². The Morgan fingerprint density at radius 3 is 2.33 bits per heavy atom. The molecule has 0 saturated carbocycles. The molecule has 1 amide bonds. The minimum atomic E-state index is 0. The number of hydrogen-bond donors (Lipinski definition) is 0. The number of likely N-dealkylation sites (tertiary alicyclic amines) is 1. The molecule has 1 aromatic carbocycles. The average Bonchev–Trinajstić information content (AvgIpc) is 3.15. The van der Waals surface area contributed by atoms with Crippen molar-refractivity contribution in [1.29, 1.82) is 5.26 Å². The van der Waals surface area contributed by atoms with Crippen LogP contribution < -0.4 is 4.90 Å². The molecule has 0 aliphatic carbocycles. The fraction of sp³-hybridized carbons (Fsp3) is 0.579. The molecule has 5 heteroatoms. The topological polar surface area (TPSA) is 44.1 Å². The van der Waals surface area contributed by atoms with Crippen molar-refractivity contribution in [2.45, 2.75) is 46.1 Å². The molecule has 2 aliphatic heterocycles. The van der Waals surface area contributed by atoms with Gasteiger partial charge >= 0.3 is 0 Å². The van der Waals surface area contributed by atoms with Gasteiger partial charge < -0.3 is 9.38 Å². The molecule has 0 N–H and O–H groups in total. The SMILES string of the molecule is CC[N+]1(C2CCN(c3c(C)cc(C#N)cc3C)C2=O)CCCC1.[Y]. The number of nitriles is 1. The normalized spacial score (nSPS) is 22.3. The molecule has 4 nitrogen and oxygen atoms in total. The van der Waals surface area contributed by atoms with E-state index in [0.717, 1.165) is 53.9 Å². The van der Waals surface area contributed by atoms with Gasteiger partial charge in [-0.05, 0) is 44.0 Å². The maximum atomic E-state index is 13.2. The summed E-state index contributed by atoms with van der Waals surface area (Å²) in [6, 6.07) is 6.11. The Hall–Kier alpha value is -0.756. The maximum Gasteiger partial charge on any atom is 0.285 e. The third-order valence-electron chi connectivity index (χ3n) is 5.82. The van der Waals surface area contributed by atoms with Crippen LogP contribution in [-0.2, 0) is 37.5 Å². The minimum Gasteiger partial charge on any atom is -0.314 e. The molecule has 2 aliphatic rings. The summed E-state index contributed by atoms with van der Waals surface area (Å²) < 4.78 is 0.976. The smallest absolute Gasteiger partial charge is 0.285 e. The van der Waals surface area contributed by atoms with Gasteiger partial charge in [0.15, 0.2) is 6.04 Å². The van der Waals surface area contributed by atoms with Crippen LogP contribution in [0.15, 0.2) is 12.1 Å². The van der Waals surface area contributed by atoms with Gasteiger partial charge in [0.1, 0.15) is 0 Å². The van der Waals surface area contributed by atoms with Gasteiger partial charge in [0.05, 0.1) is 31.3 Å². The van der Waals surface area contributed by atoms with Crippen molar-refractivity contribution in [2.75, 3.05) is 31.1 Å². The summed E-state index contributed by atoms with van der Waals surface area (Å²) in [4.78, 5) is 15.1. The first-order valence-corrected chi connectivity index (χ1v) is 8.71. The van der Waals surface area contributed by atoms with Crippen molar-refractivity contribution in [2.24, 2.45) is 0 Å². The van der Waals surface area contributed by atoms with Crippen LogP contribution >= 0.6 is 0 Å². The molecule has 0 bridgehead atoms. The Morgan fingerprint density at radius 1 is 1.25 bits per heavy atom. The van der Waals surface area contributed by atoms with E-state index in [0.29, 0.717) is 5.56 Å². The summed E-state index contributed by atoms with van der Waals surface area (Å²) in [5.74, 6) is 0.282. The molecule has 0 spiro atoms. The number of carbonyl (C=O) groups is 1. The van der Waals surface area contributed by atoms with E-state index in [2.05, 4.69) is 13.0 Å². The molecular weight excluding hydrogens is 375 g/mol. The first-order valence-electron chi connectivity index (χ1n) is 8.71. The number of aryl methyl sites for hydroxylation is 2. The number of benzene rings is 1. The van der Waals surface area contributed by atoms with Crippen LogP contribution in [-0.4, -0.2) is 42.6 Å². The molecule has 3 rings (SSSR count). The summed E-state index contributed by atoms with van der Waals surface area (Å²) in [7, 11) is 0. The standard InChI is InChI=1S/C19H26N3O.Y/c1-4-22(9-5-6-10-22)17-7-8-21(19(17)23)18-14(2)11-16(13-20)12-15(18)3;/h11-12,17H,4-10H2,1-3H3;/q+1;. The summed E-state index contributed by atoms with van der Waals surface area (Å²) >= 11 is 0. The van der Waals surface area contributed by atoms with Gasteiger partial charge in [-0.1, -0.05) is 0 Å². The summed E-state index contributed by atoms with van der Waals surface area (Å²) in [5.41, 5.74) is 3.74. The Balaban J connectivity index is 0.00000208. The van der Waals surface area contributed by atoms with Crippen LogP contribution in [0.4, 0.5) is 5.69 Å². The first-order chi connectivity index (χ1) is 11.0. The van der Waals surface area contributed by atoms with Crippen LogP contribution in [0.2, 0.25) is 0 Å². The van der Waals surface area contributed by atoms with E-state index in [9.17, 15) is 4.79 Å². The van der Waals surface area contributed by atoms with Crippen molar-refractivity contribution in [3.05, 3.63) is 28.8 Å². The van der Waals surface area contributed by atoms with Crippen molar-refractivity contribution in [3.8, 4) is 6.07 Å². The molecule has 0 aromatic heterocycles. The van der Waals surface area contributed by atoms with Crippen LogP contribution in [0.1, 0.15) is 42.9 Å². The van der Waals surface area contributed by atoms with Gasteiger partial charge in [-0.15, -0.1) is 0 Å². The zero-order valence-corrected chi connectivity index (χ0v) is 17.8. The van der Waals surface area contributed by atoms with Crippen LogP contribution in [0, 0.1) is 25.2 Å². The number of anilines is 1. The van der Waals surface area contributed by atoms with Gasteiger partial charge in [0.25, 0.3) is 5.91 Å². The number of nitrogens with zero attached hydrogens (tertiary/aromatic N) is 3. The number of rotatable bonds is 3. The molecule has 1 atom stereocenters. The van der Waals surface area contributed by atoms with E-state index in [-0.39, 0.29) is 44.7 Å². The number of amides is 1. The van der Waals surface area contributed by atoms with E-state index < -0.39 is 0 Å². The van der Waals surface area contributed by atoms with Crippen molar-refractivity contribution in [3.63, 3.8) is 0 Å². The molecule has 2 heterocycles. The van der Waals surface area contributed by atoms with Gasteiger partial charge in [0, 0.05) is 64.2 Å². The average molecular weight is 401 g/mol. The molecule has 2 fully saturated rings. The number of carbonyl (C=O) groups excluding carboxylic acids is 1. The molecule has 1 unspecified atom stereocenters. The first kappa shape index (κ1) is 19.6. The summed E-state index contributed by atoms with van der Waals surface area (Å²) in [6.07, 6.45) is 3.44. The third-order valence-corrected chi connectivity index (χ3v) is 5.82. The molecule has 1 aromatic rings. The Bertz CT molecular complexity index is 651. The minimum absolute atomic E-state index is 0. The van der Waals surface area contributed by atoms with E-state index in [4.69, 9.17) is 5.26 Å². The molecule has 1 radical (unpaired) electrons. The Morgan fingerprint density at radius 2 is 1.83 bits per heavy atom. The second-order valence-corrected chi connectivity index (χ2v) is 7.05. The molecule has 2 saturated heterocycles. The van der Waals surface area contributed by atoms with Crippen molar-refractivity contribution < 1.29 is 42.0 Å². The van der Waals surface area contributed by atoms with E-state index in [1.807, 2.05) is 30.9 Å². The Labute approximate surface area is 170 Å². The molecular formula is C19H26N3OY+. The van der Waals surface area contributed by atoms with E-state index in [1.54, 1.807) is 0 Å². The quantitative estimate of drug-likeness (QED) is 0.732.